The van der Waals surface area contributed by atoms with E-state index >= 15 is 0 Å². The van der Waals surface area contributed by atoms with Crippen LogP contribution in [0.4, 0.5) is 5.69 Å². The molecule has 0 bridgehead atoms. The lowest BCUT2D eigenvalue weighted by Gasteiger charge is -2.22. The lowest BCUT2D eigenvalue weighted by Crippen LogP contribution is -2.30. The molecule has 18 heavy (non-hydrogen) atoms. The molecule has 0 aliphatic heterocycles. The maximum Gasteiger partial charge on any atom is 0.180 e. The van der Waals surface area contributed by atoms with E-state index < -0.39 is 9.84 Å². The van der Waals surface area contributed by atoms with E-state index in [2.05, 4.69) is 12.2 Å². The van der Waals surface area contributed by atoms with Crippen LogP contribution in [-0.2, 0) is 9.84 Å². The first-order valence-corrected chi connectivity index (χ1v) is 7.91. The summed E-state index contributed by atoms with van der Waals surface area (Å²) in [5.74, 6) is 0.130. The zero-order chi connectivity index (χ0) is 13.6. The van der Waals surface area contributed by atoms with E-state index in [-0.39, 0.29) is 5.75 Å². The van der Waals surface area contributed by atoms with Gasteiger partial charge in [-0.05, 0) is 18.7 Å². The molecule has 1 rings (SSSR count). The Hall–Kier alpha value is -1.07. The van der Waals surface area contributed by atoms with Crippen molar-refractivity contribution < 1.29 is 8.42 Å². The van der Waals surface area contributed by atoms with Crippen LogP contribution in [0.5, 0.6) is 0 Å². The number of sulfone groups is 1. The molecule has 4 nitrogen and oxygen atoms in total. The second-order valence-electron chi connectivity index (χ2n) is 4.15. The monoisotopic (exact) mass is 270 g/mol. The Labute approximate surface area is 110 Å². The van der Waals surface area contributed by atoms with Crippen molar-refractivity contribution in [2.75, 3.05) is 37.3 Å². The van der Waals surface area contributed by atoms with Crippen molar-refractivity contribution >= 4 is 15.5 Å². The van der Waals surface area contributed by atoms with Gasteiger partial charge in [-0.3, -0.25) is 0 Å². The Morgan fingerprint density at radius 2 is 1.89 bits per heavy atom. The average Bonchev–Trinajstić information content (AvgIpc) is 2.39. The van der Waals surface area contributed by atoms with Crippen molar-refractivity contribution in [3.8, 4) is 0 Å². The summed E-state index contributed by atoms with van der Waals surface area (Å²) in [6.07, 6.45) is 0. The molecule has 0 radical (unpaired) electrons. The van der Waals surface area contributed by atoms with Gasteiger partial charge in [0.1, 0.15) is 0 Å². The van der Waals surface area contributed by atoms with Gasteiger partial charge >= 0.3 is 0 Å². The van der Waals surface area contributed by atoms with E-state index in [1.807, 2.05) is 24.1 Å². The Bertz CT molecular complexity index is 472. The van der Waals surface area contributed by atoms with Crippen LogP contribution in [0.15, 0.2) is 29.2 Å². The summed E-state index contributed by atoms with van der Waals surface area (Å²) in [5.41, 5.74) is 0.775. The zero-order valence-corrected chi connectivity index (χ0v) is 12.1. The molecule has 0 heterocycles. The predicted molar refractivity (Wildman–Crippen MR) is 76.0 cm³/mol. The van der Waals surface area contributed by atoms with Crippen LogP contribution >= 0.6 is 0 Å². The van der Waals surface area contributed by atoms with E-state index in [0.29, 0.717) is 4.90 Å². The van der Waals surface area contributed by atoms with Gasteiger partial charge in [0.25, 0.3) is 0 Å². The van der Waals surface area contributed by atoms with Crippen LogP contribution in [-0.4, -0.2) is 40.9 Å². The van der Waals surface area contributed by atoms with Crippen LogP contribution in [0.3, 0.4) is 0 Å². The predicted octanol–water partition coefficient (Wildman–Crippen LogP) is 1.53. The normalized spacial score (nSPS) is 11.5. The van der Waals surface area contributed by atoms with Gasteiger partial charge in [0.2, 0.25) is 0 Å². The van der Waals surface area contributed by atoms with Crippen molar-refractivity contribution in [3.63, 3.8) is 0 Å². The molecule has 0 atom stereocenters. The van der Waals surface area contributed by atoms with Crippen LogP contribution in [0, 0.1) is 0 Å². The third-order valence-corrected chi connectivity index (χ3v) is 4.64. The summed E-state index contributed by atoms with van der Waals surface area (Å²) in [6.45, 7) is 6.26. The third-order valence-electron chi connectivity index (χ3n) is 2.87. The zero-order valence-electron chi connectivity index (χ0n) is 11.3. The molecule has 102 valence electrons. The van der Waals surface area contributed by atoms with Gasteiger partial charge in [0, 0.05) is 20.1 Å². The number of benzene rings is 1. The number of hydrogen-bond acceptors (Lipinski definition) is 4. The van der Waals surface area contributed by atoms with Crippen LogP contribution in [0.25, 0.3) is 0 Å². The van der Waals surface area contributed by atoms with E-state index in [9.17, 15) is 8.42 Å². The summed E-state index contributed by atoms with van der Waals surface area (Å²) in [7, 11) is -1.25. The molecule has 0 unspecified atom stereocenters. The molecule has 5 heteroatoms. The van der Waals surface area contributed by atoms with Gasteiger partial charge in [-0.25, -0.2) is 8.42 Å². The van der Waals surface area contributed by atoms with Crippen LogP contribution < -0.4 is 10.2 Å². The minimum absolute atomic E-state index is 0.130. The van der Waals surface area contributed by atoms with E-state index in [1.165, 1.54) is 0 Å². The largest absolute Gasteiger partial charge is 0.372 e. The highest BCUT2D eigenvalue weighted by Crippen LogP contribution is 2.24. The summed E-state index contributed by atoms with van der Waals surface area (Å²) >= 11 is 0. The molecule has 0 amide bonds. The topological polar surface area (TPSA) is 49.4 Å². The van der Waals surface area contributed by atoms with Gasteiger partial charge < -0.3 is 10.2 Å². The minimum Gasteiger partial charge on any atom is -0.372 e. The Kier molecular flexibility index (Phi) is 5.62. The molecule has 1 aromatic carbocycles. The lowest BCUT2D eigenvalue weighted by molar-refractivity contribution is 0.597. The highest BCUT2D eigenvalue weighted by Gasteiger charge is 2.17. The van der Waals surface area contributed by atoms with Crippen molar-refractivity contribution in [2.45, 2.75) is 18.7 Å². The number of hydrogen-bond donors (Lipinski definition) is 1. The molecular weight excluding hydrogens is 248 g/mol. The highest BCUT2D eigenvalue weighted by atomic mass is 32.2. The summed E-state index contributed by atoms with van der Waals surface area (Å²) < 4.78 is 24.0. The molecule has 0 aromatic heterocycles. The fourth-order valence-corrected chi connectivity index (χ4v) is 2.87. The van der Waals surface area contributed by atoms with Gasteiger partial charge in [0.05, 0.1) is 16.3 Å². The molecule has 0 saturated heterocycles. The Morgan fingerprint density at radius 1 is 1.22 bits per heavy atom. The number of para-hydroxylation sites is 1. The fourth-order valence-electron chi connectivity index (χ4n) is 1.74. The lowest BCUT2D eigenvalue weighted by atomic mass is 10.3. The summed E-state index contributed by atoms with van der Waals surface area (Å²) in [6, 6.07) is 7.17. The number of likely N-dealkylation sites (N-methyl/N-ethyl adjacent to an activating group) is 2. The fraction of sp³-hybridized carbons (Fsp3) is 0.538. The van der Waals surface area contributed by atoms with Crippen molar-refractivity contribution in [1.29, 1.82) is 0 Å². The second-order valence-corrected chi connectivity index (χ2v) is 6.39. The third kappa shape index (κ3) is 3.71. The maximum absolute atomic E-state index is 12.0. The van der Waals surface area contributed by atoms with Gasteiger partial charge in [-0.1, -0.05) is 26.0 Å². The number of rotatable bonds is 7. The maximum atomic E-state index is 12.0. The molecule has 1 aromatic rings. The van der Waals surface area contributed by atoms with Crippen molar-refractivity contribution in [3.05, 3.63) is 24.3 Å². The molecule has 0 spiro atoms. The van der Waals surface area contributed by atoms with Crippen molar-refractivity contribution in [2.24, 2.45) is 0 Å². The minimum atomic E-state index is -3.17. The van der Waals surface area contributed by atoms with Gasteiger partial charge in [-0.15, -0.1) is 0 Å². The smallest absolute Gasteiger partial charge is 0.180 e. The molecule has 0 aliphatic rings. The summed E-state index contributed by atoms with van der Waals surface area (Å²) in [4.78, 5) is 2.40. The second kappa shape index (κ2) is 6.75. The molecular formula is C13H22N2O2S. The quantitative estimate of drug-likeness (QED) is 0.763. The average molecular weight is 270 g/mol. The molecule has 0 saturated carbocycles. The van der Waals surface area contributed by atoms with E-state index in [1.54, 1.807) is 19.1 Å². The van der Waals surface area contributed by atoms with Crippen molar-refractivity contribution in [1.82, 2.24) is 5.32 Å². The summed E-state index contributed by atoms with van der Waals surface area (Å²) in [5, 5.41) is 3.23. The first-order chi connectivity index (χ1) is 8.53. The molecule has 0 aliphatic carbocycles. The van der Waals surface area contributed by atoms with E-state index in [0.717, 1.165) is 25.3 Å². The Balaban J connectivity index is 2.95. The number of nitrogens with zero attached hydrogens (tertiary/aromatic N) is 1. The number of nitrogens with one attached hydrogen (secondary N) is 1. The highest BCUT2D eigenvalue weighted by molar-refractivity contribution is 7.91. The van der Waals surface area contributed by atoms with Crippen LogP contribution in [0.2, 0.25) is 0 Å². The van der Waals surface area contributed by atoms with E-state index in [4.69, 9.17) is 0 Å². The molecule has 0 fully saturated rings. The Morgan fingerprint density at radius 3 is 2.50 bits per heavy atom. The SMILES string of the molecule is CCNCCN(C)c1ccccc1S(=O)(=O)CC. The first-order valence-electron chi connectivity index (χ1n) is 6.26. The van der Waals surface area contributed by atoms with Crippen LogP contribution in [0.1, 0.15) is 13.8 Å². The van der Waals surface area contributed by atoms with Gasteiger partial charge in [-0.2, -0.15) is 0 Å². The standard InChI is InChI=1S/C13H22N2O2S/c1-4-14-10-11-15(3)12-8-6-7-9-13(12)18(16,17)5-2/h6-9,14H,4-5,10-11H2,1-3H3. The van der Waals surface area contributed by atoms with Gasteiger partial charge in [0.15, 0.2) is 9.84 Å². The first kappa shape index (κ1) is 15.0. The number of anilines is 1. The molecule has 1 N–H and O–H groups in total.